The van der Waals surface area contributed by atoms with E-state index in [4.69, 9.17) is 0 Å². The van der Waals surface area contributed by atoms with E-state index in [1.165, 1.54) is 68.6 Å². The Bertz CT molecular complexity index is 825. The third kappa shape index (κ3) is 2.05. The molecule has 2 unspecified atom stereocenters. The molecule has 124 valence electrons. The molecule has 0 radical (unpaired) electrons. The second kappa shape index (κ2) is 5.48. The van der Waals surface area contributed by atoms with Gasteiger partial charge in [0.05, 0.1) is 0 Å². The minimum absolute atomic E-state index is 0.491. The van der Waals surface area contributed by atoms with Crippen molar-refractivity contribution in [1.82, 2.24) is 0 Å². The van der Waals surface area contributed by atoms with Crippen molar-refractivity contribution < 1.29 is 0 Å². The van der Waals surface area contributed by atoms with E-state index in [2.05, 4.69) is 43.3 Å². The van der Waals surface area contributed by atoms with Crippen LogP contribution in [0, 0.1) is 5.92 Å². The van der Waals surface area contributed by atoms with Crippen molar-refractivity contribution in [2.24, 2.45) is 5.92 Å². The molecule has 5 rings (SSSR count). The van der Waals surface area contributed by atoms with Gasteiger partial charge in [0.25, 0.3) is 0 Å². The normalized spacial score (nSPS) is 27.7. The quantitative estimate of drug-likeness (QED) is 0.567. The Kier molecular flexibility index (Phi) is 3.37. The van der Waals surface area contributed by atoms with Crippen LogP contribution in [0.2, 0.25) is 0 Å². The third-order valence-electron chi connectivity index (χ3n) is 7.12. The number of unbranched alkanes of at least 4 members (excludes halogenated alkanes) is 1. The molecule has 0 aliphatic heterocycles. The topological polar surface area (TPSA) is 0 Å². The standard InChI is InChI=1S/C24H28/c1-2-3-6-18-7-4-8-19-15-23-20(14-22(18)19)9-5-12-24(23)16-17-10-11-21(24)13-17/h4,7-8,10,14-15,21H,2-3,5-6,9,11-13,16H2,1H3. The van der Waals surface area contributed by atoms with E-state index in [1.54, 1.807) is 22.3 Å². The molecule has 2 aromatic carbocycles. The molecular weight excluding hydrogens is 288 g/mol. The molecule has 3 aliphatic carbocycles. The molecule has 0 N–H and O–H groups in total. The van der Waals surface area contributed by atoms with Crippen molar-refractivity contribution in [3.05, 3.63) is 58.7 Å². The van der Waals surface area contributed by atoms with E-state index in [9.17, 15) is 0 Å². The Hall–Kier alpha value is -1.56. The van der Waals surface area contributed by atoms with Gasteiger partial charge >= 0.3 is 0 Å². The lowest BCUT2D eigenvalue weighted by Gasteiger charge is -2.42. The fraction of sp³-hybridized carbons (Fsp3) is 0.500. The van der Waals surface area contributed by atoms with Crippen LogP contribution in [-0.4, -0.2) is 0 Å². The van der Waals surface area contributed by atoms with Crippen molar-refractivity contribution in [3.8, 4) is 0 Å². The van der Waals surface area contributed by atoms with Gasteiger partial charge in [-0.3, -0.25) is 0 Å². The SMILES string of the molecule is CCCCc1cccc2cc3c(cc12)CCCC31CC2=CCC1C2. The summed E-state index contributed by atoms with van der Waals surface area (Å²) in [4.78, 5) is 0. The summed E-state index contributed by atoms with van der Waals surface area (Å²) in [5.41, 5.74) is 7.20. The van der Waals surface area contributed by atoms with Gasteiger partial charge in [-0.25, -0.2) is 0 Å². The highest BCUT2D eigenvalue weighted by Gasteiger charge is 2.49. The third-order valence-corrected chi connectivity index (χ3v) is 7.12. The summed E-state index contributed by atoms with van der Waals surface area (Å²) >= 11 is 0. The van der Waals surface area contributed by atoms with Crippen LogP contribution in [0.4, 0.5) is 0 Å². The van der Waals surface area contributed by atoms with Gasteiger partial charge in [-0.15, -0.1) is 0 Å². The molecule has 0 nitrogen and oxygen atoms in total. The van der Waals surface area contributed by atoms with Crippen LogP contribution in [0.5, 0.6) is 0 Å². The van der Waals surface area contributed by atoms with Crippen LogP contribution < -0.4 is 0 Å². The molecule has 3 aliphatic rings. The van der Waals surface area contributed by atoms with E-state index >= 15 is 0 Å². The molecule has 0 heteroatoms. The predicted octanol–water partition coefficient (Wildman–Crippen LogP) is 6.50. The Morgan fingerprint density at radius 1 is 1.21 bits per heavy atom. The summed E-state index contributed by atoms with van der Waals surface area (Å²) < 4.78 is 0. The molecule has 2 atom stereocenters. The van der Waals surface area contributed by atoms with Gasteiger partial charge in [0.15, 0.2) is 0 Å². The van der Waals surface area contributed by atoms with Crippen LogP contribution in [0.15, 0.2) is 42.0 Å². The lowest BCUT2D eigenvalue weighted by molar-refractivity contribution is 0.270. The molecule has 0 aromatic heterocycles. The summed E-state index contributed by atoms with van der Waals surface area (Å²) in [6.07, 6.45) is 14.5. The van der Waals surface area contributed by atoms with E-state index in [0.29, 0.717) is 5.41 Å². The first-order chi connectivity index (χ1) is 11.8. The maximum absolute atomic E-state index is 2.60. The van der Waals surface area contributed by atoms with Crippen molar-refractivity contribution >= 4 is 10.8 Å². The number of fused-ring (bicyclic) bond motifs is 6. The molecule has 0 amide bonds. The van der Waals surface area contributed by atoms with Gasteiger partial charge in [0, 0.05) is 5.41 Å². The summed E-state index contributed by atoms with van der Waals surface area (Å²) in [5.74, 6) is 0.896. The van der Waals surface area contributed by atoms with Gasteiger partial charge in [-0.1, -0.05) is 55.3 Å². The van der Waals surface area contributed by atoms with E-state index in [-0.39, 0.29) is 0 Å². The van der Waals surface area contributed by atoms with Crippen LogP contribution in [-0.2, 0) is 18.3 Å². The van der Waals surface area contributed by atoms with Gasteiger partial charge < -0.3 is 0 Å². The number of hydrogen-bond acceptors (Lipinski definition) is 0. The average molecular weight is 316 g/mol. The molecule has 1 saturated carbocycles. The minimum Gasteiger partial charge on any atom is -0.0850 e. The highest BCUT2D eigenvalue weighted by atomic mass is 14.5. The molecule has 1 spiro atoms. The zero-order valence-electron chi connectivity index (χ0n) is 14.9. The summed E-state index contributed by atoms with van der Waals surface area (Å²) in [6.45, 7) is 2.29. The highest BCUT2D eigenvalue weighted by Crippen LogP contribution is 2.59. The van der Waals surface area contributed by atoms with Crippen LogP contribution >= 0.6 is 0 Å². The maximum atomic E-state index is 2.60. The van der Waals surface area contributed by atoms with Crippen LogP contribution in [0.3, 0.4) is 0 Å². The number of aryl methyl sites for hydroxylation is 2. The van der Waals surface area contributed by atoms with E-state index < -0.39 is 0 Å². The Morgan fingerprint density at radius 2 is 2.17 bits per heavy atom. The molecule has 1 fully saturated rings. The van der Waals surface area contributed by atoms with Gasteiger partial charge in [-0.2, -0.15) is 0 Å². The molecule has 0 heterocycles. The van der Waals surface area contributed by atoms with Crippen LogP contribution in [0.1, 0.15) is 68.6 Å². The molecule has 2 bridgehead atoms. The minimum atomic E-state index is 0.491. The number of hydrogen-bond donors (Lipinski definition) is 0. The number of allylic oxidation sites excluding steroid dienone is 2. The van der Waals surface area contributed by atoms with Crippen molar-refractivity contribution in [3.63, 3.8) is 0 Å². The second-order valence-electron chi connectivity index (χ2n) is 8.44. The fourth-order valence-corrected chi connectivity index (χ4v) is 5.93. The first-order valence-electron chi connectivity index (χ1n) is 10.0. The van der Waals surface area contributed by atoms with E-state index in [1.807, 2.05) is 0 Å². The average Bonchev–Trinajstić information content (AvgIpc) is 3.20. The van der Waals surface area contributed by atoms with Crippen molar-refractivity contribution in [1.29, 1.82) is 0 Å². The van der Waals surface area contributed by atoms with Crippen molar-refractivity contribution in [2.75, 3.05) is 0 Å². The van der Waals surface area contributed by atoms with Gasteiger partial charge in [0.2, 0.25) is 0 Å². The smallest absolute Gasteiger partial charge is 0.00274 e. The number of benzene rings is 2. The zero-order valence-corrected chi connectivity index (χ0v) is 14.9. The fourth-order valence-electron chi connectivity index (χ4n) is 5.93. The Morgan fingerprint density at radius 3 is 2.96 bits per heavy atom. The molecule has 2 aromatic rings. The largest absolute Gasteiger partial charge is 0.0850 e. The summed E-state index contributed by atoms with van der Waals surface area (Å²) in [7, 11) is 0. The maximum Gasteiger partial charge on any atom is 0.00274 e. The monoisotopic (exact) mass is 316 g/mol. The highest BCUT2D eigenvalue weighted by molar-refractivity contribution is 5.88. The predicted molar refractivity (Wildman–Crippen MR) is 103 cm³/mol. The lowest BCUT2D eigenvalue weighted by Crippen LogP contribution is -2.35. The molecular formula is C24H28. The molecule has 24 heavy (non-hydrogen) atoms. The van der Waals surface area contributed by atoms with Gasteiger partial charge in [-0.05, 0) is 84.7 Å². The Balaban J connectivity index is 1.66. The first-order valence-corrected chi connectivity index (χ1v) is 10.0. The summed E-state index contributed by atoms with van der Waals surface area (Å²) in [6, 6.07) is 12.2. The second-order valence-corrected chi connectivity index (χ2v) is 8.44. The van der Waals surface area contributed by atoms with E-state index in [0.717, 1.165) is 5.92 Å². The Labute approximate surface area is 146 Å². The lowest BCUT2D eigenvalue weighted by atomic mass is 9.62. The number of rotatable bonds is 3. The summed E-state index contributed by atoms with van der Waals surface area (Å²) in [5, 5.41) is 3.02. The zero-order chi connectivity index (χ0) is 16.1. The molecule has 0 saturated heterocycles. The van der Waals surface area contributed by atoms with Gasteiger partial charge in [0.1, 0.15) is 0 Å². The van der Waals surface area contributed by atoms with Crippen molar-refractivity contribution in [2.45, 2.75) is 70.1 Å². The first kappa shape index (κ1) is 14.8. The van der Waals surface area contributed by atoms with Crippen LogP contribution in [0.25, 0.3) is 10.8 Å².